The van der Waals surface area contributed by atoms with Gasteiger partial charge in [-0.15, -0.1) is 5.10 Å². The Hall–Kier alpha value is -3.93. The maximum atomic E-state index is 13.6. The monoisotopic (exact) mass is 398 g/mol. The fourth-order valence-corrected chi connectivity index (χ4v) is 3.89. The lowest BCUT2D eigenvalue weighted by atomic mass is 10.1. The van der Waals surface area contributed by atoms with E-state index in [1.54, 1.807) is 12.1 Å². The third-order valence-corrected chi connectivity index (χ3v) is 5.25. The molecule has 1 aliphatic rings. The van der Waals surface area contributed by atoms with E-state index in [0.717, 1.165) is 22.2 Å². The van der Waals surface area contributed by atoms with Crippen LogP contribution in [0.25, 0.3) is 10.9 Å². The lowest BCUT2D eigenvalue weighted by Gasteiger charge is -2.31. The largest absolute Gasteiger partial charge is 0.361 e. The Kier molecular flexibility index (Phi) is 4.32. The maximum absolute atomic E-state index is 13.6. The maximum Gasteiger partial charge on any atom is 0.198 e. The average Bonchev–Trinajstić information content (AvgIpc) is 3.36. The molecular formula is C24H19FN4O. The zero-order valence-electron chi connectivity index (χ0n) is 16.3. The second-order valence-electron chi connectivity index (χ2n) is 7.17. The van der Waals surface area contributed by atoms with Crippen molar-refractivity contribution in [3.05, 3.63) is 96.4 Å². The summed E-state index contributed by atoms with van der Waals surface area (Å²) in [6, 6.07) is 23.9. The minimum absolute atomic E-state index is 0.164. The number of para-hydroxylation sites is 2. The third kappa shape index (κ3) is 2.93. The first-order valence-electron chi connectivity index (χ1n) is 9.68. The van der Waals surface area contributed by atoms with Gasteiger partial charge in [-0.1, -0.05) is 36.4 Å². The number of fused-ring (bicyclic) bond motifs is 1. The summed E-state index contributed by atoms with van der Waals surface area (Å²) in [5.41, 5.74) is 3.52. The predicted octanol–water partition coefficient (Wildman–Crippen LogP) is 5.23. The van der Waals surface area contributed by atoms with E-state index in [1.165, 1.54) is 19.1 Å². The van der Waals surface area contributed by atoms with Gasteiger partial charge in [0.15, 0.2) is 17.8 Å². The van der Waals surface area contributed by atoms with Gasteiger partial charge in [-0.2, -0.15) is 0 Å². The lowest BCUT2D eigenvalue weighted by molar-refractivity contribution is -0.111. The number of aromatic nitrogens is 1. The Morgan fingerprint density at radius 2 is 1.63 bits per heavy atom. The number of carbonyl (C=O) groups is 1. The minimum Gasteiger partial charge on any atom is -0.361 e. The number of Topliss-reactive ketones (excluding diaryl/α,β-unsaturated/α-hetero) is 1. The van der Waals surface area contributed by atoms with Crippen molar-refractivity contribution in [3.8, 4) is 0 Å². The first-order chi connectivity index (χ1) is 14.6. The highest BCUT2D eigenvalue weighted by Gasteiger charge is 2.40. The zero-order chi connectivity index (χ0) is 20.7. The summed E-state index contributed by atoms with van der Waals surface area (Å²) in [4.78, 5) is 17.7. The molecule has 1 unspecified atom stereocenters. The van der Waals surface area contributed by atoms with Crippen molar-refractivity contribution in [3.63, 3.8) is 0 Å². The van der Waals surface area contributed by atoms with E-state index in [9.17, 15) is 9.18 Å². The molecule has 30 heavy (non-hydrogen) atoms. The number of amidine groups is 1. The molecule has 0 amide bonds. The fourth-order valence-electron chi connectivity index (χ4n) is 3.89. The topological polar surface area (TPSA) is 51.7 Å². The Labute approximate surface area is 173 Å². The summed E-state index contributed by atoms with van der Waals surface area (Å²) in [6.07, 6.45) is 1.54. The first-order valence-corrected chi connectivity index (χ1v) is 9.68. The van der Waals surface area contributed by atoms with Gasteiger partial charge in [-0.25, -0.2) is 9.40 Å². The Balaban J connectivity index is 1.74. The molecule has 1 aliphatic heterocycles. The number of carbonyl (C=O) groups excluding carboxylic acids is 1. The van der Waals surface area contributed by atoms with Crippen molar-refractivity contribution < 1.29 is 9.18 Å². The minimum atomic E-state index is -0.409. The molecule has 2 heterocycles. The Bertz CT molecular complexity index is 1250. The van der Waals surface area contributed by atoms with Crippen LogP contribution in [0.4, 0.5) is 15.8 Å². The van der Waals surface area contributed by atoms with E-state index in [1.807, 2.05) is 70.7 Å². The van der Waals surface area contributed by atoms with Crippen molar-refractivity contribution in [1.82, 2.24) is 4.98 Å². The molecule has 0 saturated carbocycles. The van der Waals surface area contributed by atoms with Crippen molar-refractivity contribution >= 4 is 33.9 Å². The van der Waals surface area contributed by atoms with Gasteiger partial charge in [-0.3, -0.25) is 9.69 Å². The van der Waals surface area contributed by atoms with Crippen molar-refractivity contribution in [1.29, 1.82) is 0 Å². The van der Waals surface area contributed by atoms with Crippen LogP contribution in [0, 0.1) is 5.82 Å². The summed E-state index contributed by atoms with van der Waals surface area (Å²) in [5, 5.41) is 7.58. The number of H-pyrrole nitrogens is 1. The molecule has 0 bridgehead atoms. The molecule has 1 aromatic heterocycles. The van der Waals surface area contributed by atoms with Crippen LogP contribution in [-0.4, -0.2) is 16.6 Å². The SMILES string of the molecule is CC(=O)C1=NN(c2ccccc2)C(c2c[nH]c3ccccc23)N1c1ccc(F)cc1. The summed E-state index contributed by atoms with van der Waals surface area (Å²) in [7, 11) is 0. The van der Waals surface area contributed by atoms with Gasteiger partial charge in [0.25, 0.3) is 0 Å². The van der Waals surface area contributed by atoms with Gasteiger partial charge < -0.3 is 4.98 Å². The second-order valence-corrected chi connectivity index (χ2v) is 7.17. The number of aromatic amines is 1. The molecule has 0 spiro atoms. The standard InChI is InChI=1S/C24H19FN4O/c1-16(30)23-27-29(19-7-3-2-4-8-19)24(28(23)18-13-11-17(25)12-14-18)21-15-26-22-10-6-5-9-20(21)22/h2-15,24,26H,1H3. The first kappa shape index (κ1) is 18.1. The highest BCUT2D eigenvalue weighted by molar-refractivity contribution is 6.44. The molecule has 5 nitrogen and oxygen atoms in total. The molecule has 0 saturated heterocycles. The molecule has 0 fully saturated rings. The fraction of sp³-hybridized carbons (Fsp3) is 0.0833. The van der Waals surface area contributed by atoms with Crippen LogP contribution in [0.2, 0.25) is 0 Å². The normalized spacial score (nSPS) is 16.2. The van der Waals surface area contributed by atoms with Crippen molar-refractivity contribution in [2.45, 2.75) is 13.1 Å². The number of hydrazone groups is 1. The highest BCUT2D eigenvalue weighted by atomic mass is 19.1. The number of benzene rings is 3. The number of nitrogens with zero attached hydrogens (tertiary/aromatic N) is 3. The smallest absolute Gasteiger partial charge is 0.198 e. The van der Waals surface area contributed by atoms with Crippen LogP contribution in [0.1, 0.15) is 18.7 Å². The van der Waals surface area contributed by atoms with Crippen LogP contribution >= 0.6 is 0 Å². The number of anilines is 2. The van der Waals surface area contributed by atoms with Gasteiger partial charge in [0.1, 0.15) is 5.82 Å². The van der Waals surface area contributed by atoms with Gasteiger partial charge in [0, 0.05) is 35.3 Å². The molecule has 0 radical (unpaired) electrons. The van der Waals surface area contributed by atoms with Crippen molar-refractivity contribution in [2.75, 3.05) is 9.91 Å². The number of halogens is 1. The molecule has 0 aliphatic carbocycles. The van der Waals surface area contributed by atoms with E-state index in [2.05, 4.69) is 4.98 Å². The zero-order valence-corrected chi connectivity index (χ0v) is 16.3. The molecule has 3 aromatic carbocycles. The molecule has 6 heteroatoms. The van der Waals surface area contributed by atoms with Gasteiger partial charge in [0.05, 0.1) is 5.69 Å². The molecule has 148 valence electrons. The van der Waals surface area contributed by atoms with Gasteiger partial charge in [-0.05, 0) is 42.5 Å². The number of nitrogens with one attached hydrogen (secondary N) is 1. The van der Waals surface area contributed by atoms with E-state index < -0.39 is 6.17 Å². The van der Waals surface area contributed by atoms with Crippen LogP contribution in [-0.2, 0) is 4.79 Å². The number of hydrogen-bond donors (Lipinski definition) is 1. The van der Waals surface area contributed by atoms with Gasteiger partial charge >= 0.3 is 0 Å². The molecule has 1 N–H and O–H groups in total. The number of rotatable bonds is 4. The summed E-state index contributed by atoms with van der Waals surface area (Å²) < 4.78 is 13.6. The third-order valence-electron chi connectivity index (χ3n) is 5.25. The van der Waals surface area contributed by atoms with E-state index in [0.29, 0.717) is 11.5 Å². The second kappa shape index (κ2) is 7.15. The lowest BCUT2D eigenvalue weighted by Crippen LogP contribution is -2.37. The van der Waals surface area contributed by atoms with Crippen LogP contribution in [0.15, 0.2) is 90.2 Å². The highest BCUT2D eigenvalue weighted by Crippen LogP contribution is 2.41. The predicted molar refractivity (Wildman–Crippen MR) is 117 cm³/mol. The molecule has 1 atom stereocenters. The Morgan fingerprint density at radius 3 is 2.37 bits per heavy atom. The average molecular weight is 398 g/mol. The van der Waals surface area contributed by atoms with E-state index in [-0.39, 0.29) is 11.6 Å². The summed E-state index contributed by atoms with van der Waals surface area (Å²) in [6.45, 7) is 1.50. The quantitative estimate of drug-likeness (QED) is 0.512. The van der Waals surface area contributed by atoms with E-state index in [4.69, 9.17) is 5.10 Å². The summed E-state index contributed by atoms with van der Waals surface area (Å²) >= 11 is 0. The van der Waals surface area contributed by atoms with Crippen LogP contribution in [0.3, 0.4) is 0 Å². The molecule has 4 aromatic rings. The summed E-state index contributed by atoms with van der Waals surface area (Å²) in [5.74, 6) is -0.189. The van der Waals surface area contributed by atoms with Crippen LogP contribution in [0.5, 0.6) is 0 Å². The van der Waals surface area contributed by atoms with Gasteiger partial charge in [0.2, 0.25) is 0 Å². The van der Waals surface area contributed by atoms with E-state index >= 15 is 0 Å². The number of ketones is 1. The number of hydrogen-bond acceptors (Lipinski definition) is 4. The molecular weight excluding hydrogens is 379 g/mol. The Morgan fingerprint density at radius 1 is 0.933 bits per heavy atom. The van der Waals surface area contributed by atoms with Crippen molar-refractivity contribution in [2.24, 2.45) is 5.10 Å². The molecule has 5 rings (SSSR count). The van der Waals surface area contributed by atoms with Crippen LogP contribution < -0.4 is 9.91 Å².